The molecule has 2 N–H and O–H groups in total. The van der Waals surface area contributed by atoms with Crippen LogP contribution in [0.1, 0.15) is 73.1 Å². The minimum atomic E-state index is 0.00510. The molecule has 19 heavy (non-hydrogen) atoms. The Morgan fingerprint density at radius 1 is 1.00 bits per heavy atom. The first-order valence-corrected chi connectivity index (χ1v) is 7.89. The standard InChI is InChI=1S/C17H30N2/c1-14(2,3)13(18)19-17-8-12-6-15(4,10-17)9-16(5,7-12)11-17/h12H,6-11H2,1-5H3,(H2,18,19). The fraction of sp³-hybridized carbons (Fsp3) is 0.941. The van der Waals surface area contributed by atoms with Crippen LogP contribution in [0.25, 0.3) is 0 Å². The molecule has 0 spiro atoms. The van der Waals surface area contributed by atoms with E-state index in [0.29, 0.717) is 10.8 Å². The van der Waals surface area contributed by atoms with Crippen LogP contribution in [0.3, 0.4) is 0 Å². The molecule has 4 saturated carbocycles. The molecule has 0 amide bonds. The van der Waals surface area contributed by atoms with E-state index in [9.17, 15) is 0 Å². The highest BCUT2D eigenvalue weighted by molar-refractivity contribution is 5.85. The van der Waals surface area contributed by atoms with Gasteiger partial charge in [-0.3, -0.25) is 4.99 Å². The smallest absolute Gasteiger partial charge is 0.0998 e. The Kier molecular flexibility index (Phi) is 2.52. The van der Waals surface area contributed by atoms with Crippen molar-refractivity contribution in [1.82, 2.24) is 0 Å². The predicted octanol–water partition coefficient (Wildman–Crippen LogP) is 4.14. The normalized spacial score (nSPS) is 49.7. The summed E-state index contributed by atoms with van der Waals surface area (Å²) in [7, 11) is 0. The van der Waals surface area contributed by atoms with E-state index in [0.717, 1.165) is 11.8 Å². The van der Waals surface area contributed by atoms with Gasteiger partial charge in [-0.1, -0.05) is 34.6 Å². The molecule has 4 aliphatic carbocycles. The van der Waals surface area contributed by atoms with E-state index in [1.54, 1.807) is 0 Å². The van der Waals surface area contributed by atoms with Gasteiger partial charge in [0.05, 0.1) is 11.4 Å². The lowest BCUT2D eigenvalue weighted by Crippen LogP contribution is -2.58. The molecule has 2 heteroatoms. The Labute approximate surface area is 118 Å². The summed E-state index contributed by atoms with van der Waals surface area (Å²) in [6.07, 6.45) is 8.08. The molecule has 4 aliphatic rings. The lowest BCUT2D eigenvalue weighted by molar-refractivity contribution is -0.104. The van der Waals surface area contributed by atoms with E-state index in [2.05, 4.69) is 34.6 Å². The average molecular weight is 262 g/mol. The largest absolute Gasteiger partial charge is 0.387 e. The summed E-state index contributed by atoms with van der Waals surface area (Å²) < 4.78 is 0. The third kappa shape index (κ3) is 2.21. The second-order valence-electron chi connectivity index (χ2n) is 9.60. The highest BCUT2D eigenvalue weighted by Gasteiger charge is 2.60. The van der Waals surface area contributed by atoms with Crippen LogP contribution < -0.4 is 5.73 Å². The zero-order chi connectivity index (χ0) is 14.1. The Morgan fingerprint density at radius 3 is 1.95 bits per heavy atom. The van der Waals surface area contributed by atoms with Crippen molar-refractivity contribution in [3.63, 3.8) is 0 Å². The van der Waals surface area contributed by atoms with Gasteiger partial charge in [0, 0.05) is 5.41 Å². The molecule has 0 aliphatic heterocycles. The lowest BCUT2D eigenvalue weighted by atomic mass is 9.43. The molecule has 2 atom stereocenters. The van der Waals surface area contributed by atoms with Gasteiger partial charge in [-0.2, -0.15) is 0 Å². The minimum absolute atomic E-state index is 0.00510. The van der Waals surface area contributed by atoms with Gasteiger partial charge in [0.15, 0.2) is 0 Å². The third-order valence-electron chi connectivity index (χ3n) is 5.72. The molecular weight excluding hydrogens is 232 g/mol. The van der Waals surface area contributed by atoms with Gasteiger partial charge >= 0.3 is 0 Å². The van der Waals surface area contributed by atoms with E-state index < -0.39 is 0 Å². The molecule has 0 radical (unpaired) electrons. The second kappa shape index (κ2) is 3.56. The third-order valence-corrected chi connectivity index (χ3v) is 5.72. The quantitative estimate of drug-likeness (QED) is 0.560. The van der Waals surface area contributed by atoms with Gasteiger partial charge in [0.1, 0.15) is 0 Å². The highest BCUT2D eigenvalue weighted by Crippen LogP contribution is 2.67. The summed E-state index contributed by atoms with van der Waals surface area (Å²) in [6.45, 7) is 11.5. The van der Waals surface area contributed by atoms with Gasteiger partial charge in [-0.15, -0.1) is 0 Å². The van der Waals surface area contributed by atoms with Gasteiger partial charge in [0.2, 0.25) is 0 Å². The Balaban J connectivity index is 1.97. The molecule has 0 aromatic carbocycles. The van der Waals surface area contributed by atoms with Crippen molar-refractivity contribution in [3.05, 3.63) is 0 Å². The molecule has 4 fully saturated rings. The van der Waals surface area contributed by atoms with E-state index in [1.165, 1.54) is 38.5 Å². The Morgan fingerprint density at radius 2 is 1.53 bits per heavy atom. The van der Waals surface area contributed by atoms with E-state index in [4.69, 9.17) is 10.7 Å². The Hall–Kier alpha value is -0.530. The van der Waals surface area contributed by atoms with Crippen molar-refractivity contribution in [2.45, 2.75) is 78.7 Å². The molecule has 2 unspecified atom stereocenters. The average Bonchev–Trinajstić information content (AvgIpc) is 2.07. The number of hydrogen-bond acceptors (Lipinski definition) is 1. The second-order valence-corrected chi connectivity index (χ2v) is 9.60. The zero-order valence-corrected chi connectivity index (χ0v) is 13.3. The zero-order valence-electron chi connectivity index (χ0n) is 13.3. The summed E-state index contributed by atoms with van der Waals surface area (Å²) in [5.41, 5.74) is 7.53. The first-order valence-electron chi connectivity index (χ1n) is 7.89. The van der Waals surface area contributed by atoms with Gasteiger partial charge in [-0.25, -0.2) is 0 Å². The summed E-state index contributed by atoms with van der Waals surface area (Å²) in [5.74, 6) is 1.75. The van der Waals surface area contributed by atoms with Crippen molar-refractivity contribution >= 4 is 5.84 Å². The Bertz CT molecular complexity index is 411. The molecule has 0 saturated heterocycles. The highest BCUT2D eigenvalue weighted by atomic mass is 15.0. The molecule has 0 heterocycles. The monoisotopic (exact) mass is 262 g/mol. The van der Waals surface area contributed by atoms with Crippen molar-refractivity contribution < 1.29 is 0 Å². The van der Waals surface area contributed by atoms with Gasteiger partial charge in [-0.05, 0) is 55.3 Å². The van der Waals surface area contributed by atoms with Crippen molar-refractivity contribution in [3.8, 4) is 0 Å². The van der Waals surface area contributed by atoms with Crippen LogP contribution in [0.15, 0.2) is 4.99 Å². The summed E-state index contributed by atoms with van der Waals surface area (Å²) >= 11 is 0. The number of nitrogens with two attached hydrogens (primary N) is 1. The fourth-order valence-electron chi connectivity index (χ4n) is 5.94. The summed E-state index contributed by atoms with van der Waals surface area (Å²) in [5, 5.41) is 0. The molecule has 2 nitrogen and oxygen atoms in total. The van der Waals surface area contributed by atoms with E-state index in [-0.39, 0.29) is 11.0 Å². The maximum absolute atomic E-state index is 6.31. The van der Waals surface area contributed by atoms with Crippen molar-refractivity contribution in [2.75, 3.05) is 0 Å². The molecule has 108 valence electrons. The first-order chi connectivity index (χ1) is 8.53. The van der Waals surface area contributed by atoms with Crippen molar-refractivity contribution in [1.29, 1.82) is 0 Å². The predicted molar refractivity (Wildman–Crippen MR) is 81.2 cm³/mol. The molecule has 4 rings (SSSR count). The van der Waals surface area contributed by atoms with Gasteiger partial charge < -0.3 is 5.73 Å². The molecular formula is C17H30N2. The number of aliphatic imine (C=N–C) groups is 1. The van der Waals surface area contributed by atoms with Crippen molar-refractivity contribution in [2.24, 2.45) is 32.9 Å². The minimum Gasteiger partial charge on any atom is -0.387 e. The molecule has 0 aromatic rings. The van der Waals surface area contributed by atoms with Crippen LogP contribution in [0, 0.1) is 22.2 Å². The van der Waals surface area contributed by atoms with Crippen LogP contribution in [-0.4, -0.2) is 11.4 Å². The SMILES string of the molecule is CC12CC3CC(C)(C1)CC(N=C(N)C(C)(C)C)(C3)C2. The van der Waals surface area contributed by atoms with Crippen LogP contribution in [0.4, 0.5) is 0 Å². The number of nitrogens with zero attached hydrogens (tertiary/aromatic N) is 1. The maximum Gasteiger partial charge on any atom is 0.0998 e. The number of amidine groups is 1. The van der Waals surface area contributed by atoms with Crippen LogP contribution in [-0.2, 0) is 0 Å². The molecule has 4 bridgehead atoms. The van der Waals surface area contributed by atoms with Gasteiger partial charge in [0.25, 0.3) is 0 Å². The summed E-state index contributed by atoms with van der Waals surface area (Å²) in [6, 6.07) is 0. The fourth-order valence-corrected chi connectivity index (χ4v) is 5.94. The van der Waals surface area contributed by atoms with Crippen LogP contribution >= 0.6 is 0 Å². The summed E-state index contributed by atoms with van der Waals surface area (Å²) in [4.78, 5) is 5.12. The topological polar surface area (TPSA) is 38.4 Å². The number of rotatable bonds is 1. The molecule has 0 aromatic heterocycles. The first kappa shape index (κ1) is 13.5. The van der Waals surface area contributed by atoms with E-state index >= 15 is 0 Å². The number of hydrogen-bond donors (Lipinski definition) is 1. The maximum atomic E-state index is 6.31. The van der Waals surface area contributed by atoms with Crippen LogP contribution in [0.2, 0.25) is 0 Å². The van der Waals surface area contributed by atoms with Crippen LogP contribution in [0.5, 0.6) is 0 Å². The van der Waals surface area contributed by atoms with E-state index in [1.807, 2.05) is 0 Å². The lowest BCUT2D eigenvalue weighted by Gasteiger charge is -2.64.